The van der Waals surface area contributed by atoms with E-state index in [2.05, 4.69) is 41.2 Å². The summed E-state index contributed by atoms with van der Waals surface area (Å²) in [5, 5.41) is 0. The second-order valence-corrected chi connectivity index (χ2v) is 15.5. The molecule has 5 heteroatoms. The molecule has 10 atom stereocenters. The first-order valence-corrected chi connectivity index (χ1v) is 15.6. The van der Waals surface area contributed by atoms with Crippen LogP contribution in [0.3, 0.4) is 0 Å². The average molecular weight is 541 g/mol. The Morgan fingerprint density at radius 2 is 1.56 bits per heavy atom. The third kappa shape index (κ3) is 3.94. The summed E-state index contributed by atoms with van der Waals surface area (Å²) < 4.78 is 11.8. The van der Waals surface area contributed by atoms with Gasteiger partial charge in [0.05, 0.1) is 0 Å². The molecule has 5 fully saturated rings. The minimum Gasteiger partial charge on any atom is -0.462 e. The number of hydrogen-bond acceptors (Lipinski definition) is 5. The fraction of sp³-hybridized carbons (Fsp3) is 0.853. The maximum atomic E-state index is 13.0. The van der Waals surface area contributed by atoms with E-state index in [1.165, 1.54) is 26.2 Å². The van der Waals surface area contributed by atoms with Gasteiger partial charge in [-0.25, -0.2) is 0 Å². The van der Waals surface area contributed by atoms with Gasteiger partial charge in [-0.15, -0.1) is 0 Å². The van der Waals surface area contributed by atoms with Gasteiger partial charge in [0.2, 0.25) is 0 Å². The molecule has 2 spiro atoms. The van der Waals surface area contributed by atoms with Crippen LogP contribution in [0.2, 0.25) is 0 Å². The minimum absolute atomic E-state index is 0.0687. The molecule has 0 amide bonds. The highest BCUT2D eigenvalue weighted by Crippen LogP contribution is 2.88. The van der Waals surface area contributed by atoms with Crippen LogP contribution in [0.1, 0.15) is 120 Å². The summed E-state index contributed by atoms with van der Waals surface area (Å²) >= 11 is 0. The van der Waals surface area contributed by atoms with E-state index < -0.39 is 0 Å². The Morgan fingerprint density at radius 3 is 2.18 bits per heavy atom. The fourth-order valence-electron chi connectivity index (χ4n) is 11.8. The van der Waals surface area contributed by atoms with Crippen molar-refractivity contribution in [3.63, 3.8) is 0 Å². The molecule has 5 aliphatic rings. The summed E-state index contributed by atoms with van der Waals surface area (Å²) in [6.07, 6.45) is 10.1. The molecule has 0 heterocycles. The fourth-order valence-corrected chi connectivity index (χ4v) is 11.8. The lowest BCUT2D eigenvalue weighted by atomic mass is 9.42. The molecule has 39 heavy (non-hydrogen) atoms. The van der Waals surface area contributed by atoms with Gasteiger partial charge in [-0.05, 0) is 110 Å². The van der Waals surface area contributed by atoms with Crippen LogP contribution in [0.15, 0.2) is 12.2 Å². The van der Waals surface area contributed by atoms with Crippen LogP contribution < -0.4 is 0 Å². The third-order valence-corrected chi connectivity index (χ3v) is 13.6. The number of ether oxygens (including phenoxy) is 2. The summed E-state index contributed by atoms with van der Waals surface area (Å²) in [5.74, 6) is 1.73. The van der Waals surface area contributed by atoms with E-state index in [0.29, 0.717) is 34.4 Å². The van der Waals surface area contributed by atoms with Crippen molar-refractivity contribution >= 4 is 17.7 Å². The first kappa shape index (κ1) is 28.9. The second-order valence-electron chi connectivity index (χ2n) is 15.5. The lowest BCUT2D eigenvalue weighted by molar-refractivity contribution is -0.158. The Morgan fingerprint density at radius 1 is 0.923 bits per heavy atom. The van der Waals surface area contributed by atoms with E-state index >= 15 is 0 Å². The predicted octanol–water partition coefficient (Wildman–Crippen LogP) is 7.46. The van der Waals surface area contributed by atoms with Crippen molar-refractivity contribution in [1.29, 1.82) is 0 Å². The zero-order chi connectivity index (χ0) is 28.8. The van der Waals surface area contributed by atoms with Crippen molar-refractivity contribution in [2.24, 2.45) is 50.7 Å². The zero-order valence-corrected chi connectivity index (χ0v) is 25.8. The molecule has 0 N–H and O–H groups in total. The van der Waals surface area contributed by atoms with Gasteiger partial charge < -0.3 is 9.47 Å². The van der Waals surface area contributed by atoms with E-state index in [0.717, 1.165) is 50.5 Å². The first-order chi connectivity index (χ1) is 18.1. The molecule has 5 nitrogen and oxygen atoms in total. The number of carbonyl (C=O) groups is 3. The van der Waals surface area contributed by atoms with E-state index in [1.807, 2.05) is 6.92 Å². The molecule has 5 rings (SSSR count). The number of hydrogen-bond donors (Lipinski definition) is 0. The summed E-state index contributed by atoms with van der Waals surface area (Å²) in [6, 6.07) is 0. The molecule has 0 aromatic heterocycles. The number of carbonyl (C=O) groups excluding carboxylic acids is 3. The van der Waals surface area contributed by atoms with Crippen LogP contribution in [0, 0.1) is 50.7 Å². The van der Waals surface area contributed by atoms with Crippen molar-refractivity contribution in [2.75, 3.05) is 0 Å². The van der Waals surface area contributed by atoms with Gasteiger partial charge in [0.25, 0.3) is 0 Å². The van der Waals surface area contributed by atoms with Crippen molar-refractivity contribution in [1.82, 2.24) is 0 Å². The third-order valence-electron chi connectivity index (χ3n) is 13.6. The Labute approximate surface area is 236 Å². The van der Waals surface area contributed by atoms with Crippen LogP contribution in [-0.4, -0.2) is 29.9 Å². The molecule has 5 aliphatic carbocycles. The Bertz CT molecular complexity index is 1080. The molecule has 10 unspecified atom stereocenters. The van der Waals surface area contributed by atoms with Crippen molar-refractivity contribution in [3.8, 4) is 0 Å². The lowest BCUT2D eigenvalue weighted by Crippen LogP contribution is -2.57. The molecular formula is C34H52O5. The topological polar surface area (TPSA) is 69.7 Å². The number of ketones is 1. The van der Waals surface area contributed by atoms with Gasteiger partial charge in [-0.2, -0.15) is 0 Å². The first-order valence-electron chi connectivity index (χ1n) is 15.6. The molecular weight excluding hydrogens is 488 g/mol. The SMILES string of the molecule is C=C(C)C(CCC(C)C1C(OC(C)=O)CC2(C)C3CCC4C(C)(C)C(=O)CCC45CC35CCC12C)OC(C)=O. The molecule has 218 valence electrons. The van der Waals surface area contributed by atoms with Crippen LogP contribution in [0.25, 0.3) is 0 Å². The van der Waals surface area contributed by atoms with Crippen LogP contribution >= 0.6 is 0 Å². The van der Waals surface area contributed by atoms with E-state index in [9.17, 15) is 14.4 Å². The molecule has 0 aromatic rings. The van der Waals surface area contributed by atoms with Crippen LogP contribution in [0.5, 0.6) is 0 Å². The number of rotatable bonds is 7. The molecule has 0 radical (unpaired) electrons. The largest absolute Gasteiger partial charge is 0.462 e. The number of esters is 2. The summed E-state index contributed by atoms with van der Waals surface area (Å²) in [4.78, 5) is 37.1. The molecule has 0 saturated heterocycles. The number of fused-ring (bicyclic) bond motifs is 2. The maximum absolute atomic E-state index is 13.0. The minimum atomic E-state index is -0.272. The van der Waals surface area contributed by atoms with Crippen LogP contribution in [0.4, 0.5) is 0 Å². The van der Waals surface area contributed by atoms with Crippen molar-refractivity contribution in [2.45, 2.75) is 132 Å². The van der Waals surface area contributed by atoms with Crippen LogP contribution in [-0.2, 0) is 23.9 Å². The lowest BCUT2D eigenvalue weighted by Gasteiger charge is -2.62. The Balaban J connectivity index is 1.44. The highest BCUT2D eigenvalue weighted by Gasteiger charge is 2.83. The van der Waals surface area contributed by atoms with Gasteiger partial charge in [0, 0.05) is 31.6 Å². The Hall–Kier alpha value is -1.65. The molecule has 0 aromatic carbocycles. The average Bonchev–Trinajstić information content (AvgIpc) is 3.43. The molecule has 5 saturated carbocycles. The van der Waals surface area contributed by atoms with Gasteiger partial charge in [-0.3, -0.25) is 14.4 Å². The van der Waals surface area contributed by atoms with Gasteiger partial charge in [-0.1, -0.05) is 41.2 Å². The van der Waals surface area contributed by atoms with E-state index in [-0.39, 0.29) is 46.3 Å². The predicted molar refractivity (Wildman–Crippen MR) is 152 cm³/mol. The van der Waals surface area contributed by atoms with Crippen molar-refractivity contribution in [3.05, 3.63) is 12.2 Å². The standard InChI is InChI=1S/C34H52O5/c1-20(2)24(38-22(4)35)11-10-21(3)29-25(39-23(5)36)18-32(9)27-13-12-26-30(6,7)28(37)14-15-33(26)19-34(27,33)17-16-31(29,32)8/h21,24-27,29H,1,10-19H2,2-9H3. The normalized spacial score (nSPS) is 45.1. The quantitative estimate of drug-likeness (QED) is 0.248. The number of Topliss-reactive ketones (excluding diaryl/α,β-unsaturated/α-hetero) is 1. The molecule has 0 aliphatic heterocycles. The van der Waals surface area contributed by atoms with Gasteiger partial charge >= 0.3 is 11.9 Å². The highest BCUT2D eigenvalue weighted by molar-refractivity contribution is 5.86. The maximum Gasteiger partial charge on any atom is 0.303 e. The summed E-state index contributed by atoms with van der Waals surface area (Å²) in [6.45, 7) is 20.8. The van der Waals surface area contributed by atoms with Crippen molar-refractivity contribution < 1.29 is 23.9 Å². The monoisotopic (exact) mass is 540 g/mol. The van der Waals surface area contributed by atoms with Gasteiger partial charge in [0.1, 0.15) is 18.0 Å². The second kappa shape index (κ2) is 9.18. The smallest absolute Gasteiger partial charge is 0.303 e. The summed E-state index contributed by atoms with van der Waals surface area (Å²) in [5.41, 5.74) is 1.51. The van der Waals surface area contributed by atoms with Gasteiger partial charge in [0.15, 0.2) is 0 Å². The zero-order valence-electron chi connectivity index (χ0n) is 25.8. The Kier molecular flexibility index (Phi) is 6.79. The van der Waals surface area contributed by atoms with E-state index in [4.69, 9.17) is 9.47 Å². The highest BCUT2D eigenvalue weighted by atomic mass is 16.5. The van der Waals surface area contributed by atoms with E-state index in [1.54, 1.807) is 6.92 Å². The molecule has 0 bridgehead atoms. The summed E-state index contributed by atoms with van der Waals surface area (Å²) in [7, 11) is 0.